The molecular formula is C15H13ClFN5O7. The van der Waals surface area contributed by atoms with Crippen LogP contribution >= 0.6 is 11.6 Å². The molecule has 1 aliphatic heterocycles. The van der Waals surface area contributed by atoms with Gasteiger partial charge in [-0.2, -0.15) is 9.97 Å². The lowest BCUT2D eigenvalue weighted by Gasteiger charge is -2.27. The molecule has 3 heterocycles. The van der Waals surface area contributed by atoms with Crippen LogP contribution in [0.4, 0.5) is 10.3 Å². The average Bonchev–Trinajstić information content (AvgIpc) is 3.18. The number of aldehydes is 2. The summed E-state index contributed by atoms with van der Waals surface area (Å²) in [7, 11) is 0. The van der Waals surface area contributed by atoms with E-state index < -0.39 is 42.7 Å². The van der Waals surface area contributed by atoms with E-state index in [1.165, 1.54) is 0 Å². The topological polar surface area (TPSA) is 166 Å². The minimum atomic E-state index is -2.45. The zero-order valence-electron chi connectivity index (χ0n) is 14.7. The molecular weight excluding hydrogens is 417 g/mol. The van der Waals surface area contributed by atoms with Crippen molar-refractivity contribution in [2.24, 2.45) is 0 Å². The van der Waals surface area contributed by atoms with Gasteiger partial charge in [0.25, 0.3) is 0 Å². The van der Waals surface area contributed by atoms with Crippen LogP contribution in [0.5, 0.6) is 0 Å². The molecule has 1 aliphatic rings. The molecule has 0 unspecified atom stereocenters. The largest absolute Gasteiger partial charge is 0.457 e. The summed E-state index contributed by atoms with van der Waals surface area (Å²) in [6, 6.07) is 0. The Labute approximate surface area is 166 Å². The smallest absolute Gasteiger partial charge is 0.371 e. The molecule has 29 heavy (non-hydrogen) atoms. The van der Waals surface area contributed by atoms with Gasteiger partial charge in [0.1, 0.15) is 18.2 Å². The first-order chi connectivity index (χ1) is 13.7. The molecule has 2 aromatic rings. The monoisotopic (exact) mass is 429 g/mol. The Bertz CT molecular complexity index is 997. The summed E-state index contributed by atoms with van der Waals surface area (Å²) < 4.78 is 31.9. The van der Waals surface area contributed by atoms with Crippen molar-refractivity contribution in [1.29, 1.82) is 0 Å². The van der Waals surface area contributed by atoms with Gasteiger partial charge < -0.3 is 19.9 Å². The van der Waals surface area contributed by atoms with Crippen molar-refractivity contribution >= 4 is 53.2 Å². The van der Waals surface area contributed by atoms with Gasteiger partial charge in [0.05, 0.1) is 6.33 Å². The van der Waals surface area contributed by atoms with E-state index >= 15 is 4.39 Å². The molecule has 2 N–H and O–H groups in total. The standard InChI is InChI=1S/C15H13ClFN5O7/c1-15(17)10(29-8(26)3-24)6(4-27-7(25)2-23)28-13(15)22-5-19-9-11(16)20-14(18)21-12(9)22/h2-3,5-6,10,13H,4H2,1H3,(H2,18,20,21)/t6-,10-,13-,15-/m1/s1. The Kier molecular flexibility index (Phi) is 5.44. The van der Waals surface area contributed by atoms with Crippen molar-refractivity contribution in [1.82, 2.24) is 19.5 Å². The van der Waals surface area contributed by atoms with E-state index in [1.54, 1.807) is 0 Å². The van der Waals surface area contributed by atoms with Gasteiger partial charge in [0.15, 0.2) is 28.8 Å². The van der Waals surface area contributed by atoms with Gasteiger partial charge in [-0.25, -0.2) is 19.0 Å². The lowest BCUT2D eigenvalue weighted by atomic mass is 9.98. The summed E-state index contributed by atoms with van der Waals surface area (Å²) in [5.41, 5.74) is 3.26. The molecule has 4 atom stereocenters. The van der Waals surface area contributed by atoms with E-state index in [-0.39, 0.29) is 34.8 Å². The SMILES string of the molecule is C[C@@]1(F)[C@H](OC(=O)C=O)[C@@H](COC(=O)C=O)O[C@H]1n1cnc2c(Cl)nc(N)nc21. The molecule has 0 aromatic carbocycles. The molecule has 12 nitrogen and oxygen atoms in total. The molecule has 3 rings (SSSR count). The normalized spacial score (nSPS) is 26.2. The first-order valence-corrected chi connectivity index (χ1v) is 8.34. The predicted octanol–water partition coefficient (Wildman–Crippen LogP) is -0.460. The number of ether oxygens (including phenoxy) is 3. The Balaban J connectivity index is 2.00. The van der Waals surface area contributed by atoms with Crippen LogP contribution in [0.1, 0.15) is 13.2 Å². The Morgan fingerprint density at radius 2 is 2.07 bits per heavy atom. The number of nitrogens with zero attached hydrogens (tertiary/aromatic N) is 4. The summed E-state index contributed by atoms with van der Waals surface area (Å²) in [5, 5.41) is -0.0785. The second kappa shape index (κ2) is 7.67. The Hall–Kier alpha value is -3.19. The maximum Gasteiger partial charge on any atom is 0.371 e. The molecule has 0 spiro atoms. The highest BCUT2D eigenvalue weighted by atomic mass is 35.5. The predicted molar refractivity (Wildman–Crippen MR) is 91.1 cm³/mol. The van der Waals surface area contributed by atoms with Crippen LogP contribution in [0.25, 0.3) is 11.2 Å². The summed E-state index contributed by atoms with van der Waals surface area (Å²) in [4.78, 5) is 55.3. The molecule has 0 amide bonds. The number of nitrogen functional groups attached to an aromatic ring is 1. The second-order valence-corrected chi connectivity index (χ2v) is 6.46. The van der Waals surface area contributed by atoms with Crippen molar-refractivity contribution in [2.75, 3.05) is 12.3 Å². The first kappa shape index (κ1) is 20.5. The lowest BCUT2D eigenvalue weighted by Crippen LogP contribution is -2.44. The molecule has 0 aliphatic carbocycles. The zero-order chi connectivity index (χ0) is 21.3. The number of fused-ring (bicyclic) bond motifs is 1. The average molecular weight is 430 g/mol. The Morgan fingerprint density at radius 1 is 1.38 bits per heavy atom. The zero-order valence-corrected chi connectivity index (χ0v) is 15.4. The van der Waals surface area contributed by atoms with Crippen LogP contribution in [-0.2, 0) is 33.4 Å². The molecule has 0 radical (unpaired) electrons. The third kappa shape index (κ3) is 3.73. The first-order valence-electron chi connectivity index (χ1n) is 7.96. The number of aromatic nitrogens is 4. The lowest BCUT2D eigenvalue weighted by molar-refractivity contribution is -0.163. The highest BCUT2D eigenvalue weighted by molar-refractivity contribution is 6.33. The number of hydrogen-bond acceptors (Lipinski definition) is 11. The van der Waals surface area contributed by atoms with Gasteiger partial charge in [-0.1, -0.05) is 11.6 Å². The van der Waals surface area contributed by atoms with Crippen LogP contribution in [0, 0.1) is 0 Å². The number of anilines is 1. The van der Waals surface area contributed by atoms with Crippen LogP contribution in [-0.4, -0.2) is 68.5 Å². The fourth-order valence-electron chi connectivity index (χ4n) is 2.95. The van der Waals surface area contributed by atoms with Gasteiger partial charge in [-0.05, 0) is 6.92 Å². The van der Waals surface area contributed by atoms with E-state index in [4.69, 9.17) is 26.8 Å². The van der Waals surface area contributed by atoms with Crippen LogP contribution < -0.4 is 5.73 Å². The molecule has 1 saturated heterocycles. The van der Waals surface area contributed by atoms with Crippen molar-refractivity contribution < 1.29 is 37.8 Å². The fraction of sp³-hybridized carbons (Fsp3) is 0.400. The minimum Gasteiger partial charge on any atom is -0.457 e. The summed E-state index contributed by atoms with van der Waals surface area (Å²) in [6.07, 6.45) is -3.61. The van der Waals surface area contributed by atoms with Gasteiger partial charge in [0.2, 0.25) is 18.5 Å². The number of carbonyl (C=O) groups is 4. The highest BCUT2D eigenvalue weighted by Gasteiger charge is 2.58. The fourth-order valence-corrected chi connectivity index (χ4v) is 3.17. The van der Waals surface area contributed by atoms with Gasteiger partial charge >= 0.3 is 11.9 Å². The maximum atomic E-state index is 15.7. The highest BCUT2D eigenvalue weighted by Crippen LogP contribution is 2.44. The van der Waals surface area contributed by atoms with Gasteiger partial charge in [-0.3, -0.25) is 14.2 Å². The summed E-state index contributed by atoms with van der Waals surface area (Å²) in [6.45, 7) is 0.412. The number of carbonyl (C=O) groups excluding carboxylic acids is 4. The summed E-state index contributed by atoms with van der Waals surface area (Å²) in [5.74, 6) is -2.80. The Morgan fingerprint density at radius 3 is 2.72 bits per heavy atom. The van der Waals surface area contributed by atoms with Crippen LogP contribution in [0.3, 0.4) is 0 Å². The van der Waals surface area contributed by atoms with Crippen molar-refractivity contribution in [2.45, 2.75) is 31.0 Å². The number of rotatable bonds is 6. The number of halogens is 2. The summed E-state index contributed by atoms with van der Waals surface area (Å²) >= 11 is 5.96. The van der Waals surface area contributed by atoms with E-state index in [1.807, 2.05) is 0 Å². The molecule has 154 valence electrons. The van der Waals surface area contributed by atoms with E-state index in [0.29, 0.717) is 0 Å². The quantitative estimate of drug-likeness (QED) is 0.273. The number of hydrogen-bond donors (Lipinski definition) is 1. The minimum absolute atomic E-state index is 0.0300. The van der Waals surface area contributed by atoms with E-state index in [2.05, 4.69) is 19.7 Å². The third-order valence-corrected chi connectivity index (χ3v) is 4.42. The van der Waals surface area contributed by atoms with Crippen molar-refractivity contribution in [3.8, 4) is 0 Å². The van der Waals surface area contributed by atoms with Crippen LogP contribution in [0.2, 0.25) is 5.15 Å². The van der Waals surface area contributed by atoms with Crippen molar-refractivity contribution in [3.05, 3.63) is 11.5 Å². The number of imidazole rings is 1. The van der Waals surface area contributed by atoms with E-state index in [0.717, 1.165) is 17.8 Å². The molecule has 2 aromatic heterocycles. The number of alkyl halides is 1. The molecule has 14 heteroatoms. The molecule has 1 fully saturated rings. The van der Waals surface area contributed by atoms with Gasteiger partial charge in [-0.15, -0.1) is 0 Å². The third-order valence-electron chi connectivity index (χ3n) is 4.15. The second-order valence-electron chi connectivity index (χ2n) is 6.10. The number of esters is 2. The van der Waals surface area contributed by atoms with E-state index in [9.17, 15) is 19.2 Å². The van der Waals surface area contributed by atoms with Crippen LogP contribution in [0.15, 0.2) is 6.33 Å². The number of nitrogens with two attached hydrogens (primary N) is 1. The van der Waals surface area contributed by atoms with Gasteiger partial charge in [0, 0.05) is 0 Å². The molecule has 0 saturated carbocycles. The maximum absolute atomic E-state index is 15.7. The van der Waals surface area contributed by atoms with Crippen molar-refractivity contribution in [3.63, 3.8) is 0 Å². The molecule has 0 bridgehead atoms.